The SMILES string of the molecule is Cc1c(-c2c3c(nc[n+]2C)sc2ccsc23)ccc2ccccc12. The zero-order valence-corrected chi connectivity index (χ0v) is 15.0. The highest BCUT2D eigenvalue weighted by molar-refractivity contribution is 7.31. The van der Waals surface area contributed by atoms with E-state index in [0.29, 0.717) is 0 Å². The Morgan fingerprint density at radius 3 is 2.83 bits per heavy atom. The summed E-state index contributed by atoms with van der Waals surface area (Å²) >= 11 is 3.59. The van der Waals surface area contributed by atoms with Crippen molar-refractivity contribution in [2.75, 3.05) is 0 Å². The molecule has 0 fully saturated rings. The summed E-state index contributed by atoms with van der Waals surface area (Å²) in [6.45, 7) is 2.22. The van der Waals surface area contributed by atoms with Crippen LogP contribution < -0.4 is 4.57 Å². The third-order valence-electron chi connectivity index (χ3n) is 4.67. The average Bonchev–Trinajstić information content (AvgIpc) is 3.17. The number of nitrogens with zero attached hydrogens (tertiary/aromatic N) is 2. The Kier molecular flexibility index (Phi) is 2.99. The maximum atomic E-state index is 4.66. The highest BCUT2D eigenvalue weighted by atomic mass is 32.1. The normalized spacial score (nSPS) is 11.8. The van der Waals surface area contributed by atoms with Gasteiger partial charge in [0.25, 0.3) is 6.33 Å². The molecule has 4 heteroatoms. The number of hydrogen-bond acceptors (Lipinski definition) is 3. The lowest BCUT2D eigenvalue weighted by molar-refractivity contribution is -0.662. The van der Waals surface area contributed by atoms with E-state index in [9.17, 15) is 0 Å². The molecule has 0 saturated heterocycles. The Morgan fingerprint density at radius 2 is 1.92 bits per heavy atom. The first-order valence-electron chi connectivity index (χ1n) is 7.87. The van der Waals surface area contributed by atoms with Gasteiger partial charge in [0.2, 0.25) is 4.83 Å². The lowest BCUT2D eigenvalue weighted by Crippen LogP contribution is -2.31. The van der Waals surface area contributed by atoms with E-state index in [-0.39, 0.29) is 0 Å². The number of benzene rings is 2. The van der Waals surface area contributed by atoms with Crippen LogP contribution >= 0.6 is 22.7 Å². The van der Waals surface area contributed by atoms with E-state index in [2.05, 4.69) is 71.4 Å². The minimum Gasteiger partial charge on any atom is -0.232 e. The van der Waals surface area contributed by atoms with E-state index in [4.69, 9.17) is 0 Å². The summed E-state index contributed by atoms with van der Waals surface area (Å²) in [6.07, 6.45) is 1.94. The van der Waals surface area contributed by atoms with Crippen molar-refractivity contribution >= 4 is 53.1 Å². The molecule has 24 heavy (non-hydrogen) atoms. The van der Waals surface area contributed by atoms with Gasteiger partial charge < -0.3 is 0 Å². The summed E-state index contributed by atoms with van der Waals surface area (Å²) < 4.78 is 4.83. The van der Waals surface area contributed by atoms with Crippen molar-refractivity contribution in [1.82, 2.24) is 4.98 Å². The molecule has 3 heterocycles. The highest BCUT2D eigenvalue weighted by Gasteiger charge is 2.22. The quantitative estimate of drug-likeness (QED) is 0.368. The molecule has 0 aliphatic heterocycles. The molecule has 0 spiro atoms. The van der Waals surface area contributed by atoms with Crippen molar-refractivity contribution in [3.63, 3.8) is 0 Å². The van der Waals surface area contributed by atoms with Crippen LogP contribution in [-0.4, -0.2) is 4.98 Å². The number of aryl methyl sites for hydroxylation is 2. The Hall–Kier alpha value is -2.30. The molecule has 0 saturated carbocycles. The fourth-order valence-corrected chi connectivity index (χ4v) is 5.69. The molecule has 0 aliphatic rings. The molecule has 2 nitrogen and oxygen atoms in total. The molecular weight excluding hydrogens is 332 g/mol. The summed E-state index contributed by atoms with van der Waals surface area (Å²) in [5.74, 6) is 0. The first kappa shape index (κ1) is 14.1. The van der Waals surface area contributed by atoms with Gasteiger partial charge in [-0.05, 0) is 45.8 Å². The van der Waals surface area contributed by atoms with Crippen LogP contribution in [0.3, 0.4) is 0 Å². The topological polar surface area (TPSA) is 16.8 Å². The van der Waals surface area contributed by atoms with Crippen molar-refractivity contribution in [3.05, 3.63) is 59.7 Å². The molecule has 0 unspecified atom stereocenters. The second-order valence-electron chi connectivity index (χ2n) is 6.06. The monoisotopic (exact) mass is 347 g/mol. The van der Waals surface area contributed by atoms with E-state index in [1.165, 1.54) is 42.4 Å². The summed E-state index contributed by atoms with van der Waals surface area (Å²) in [6, 6.07) is 15.3. The van der Waals surface area contributed by atoms with E-state index in [1.54, 1.807) is 11.3 Å². The van der Waals surface area contributed by atoms with Crippen LogP contribution in [0, 0.1) is 6.92 Å². The zero-order valence-electron chi connectivity index (χ0n) is 13.4. The van der Waals surface area contributed by atoms with E-state index in [1.807, 2.05) is 17.7 Å². The van der Waals surface area contributed by atoms with E-state index < -0.39 is 0 Å². The third-order valence-corrected chi connectivity index (χ3v) is 6.79. The van der Waals surface area contributed by atoms with Gasteiger partial charge in [-0.15, -0.1) is 11.3 Å². The first-order chi connectivity index (χ1) is 11.7. The Morgan fingerprint density at radius 1 is 1.04 bits per heavy atom. The van der Waals surface area contributed by atoms with Crippen LogP contribution in [0.5, 0.6) is 0 Å². The number of hydrogen-bond donors (Lipinski definition) is 0. The Labute approximate surface area is 147 Å². The lowest BCUT2D eigenvalue weighted by atomic mass is 9.97. The molecule has 0 amide bonds. The summed E-state index contributed by atoms with van der Waals surface area (Å²) in [7, 11) is 2.09. The van der Waals surface area contributed by atoms with Crippen LogP contribution in [-0.2, 0) is 7.05 Å². The zero-order chi connectivity index (χ0) is 16.3. The van der Waals surface area contributed by atoms with Gasteiger partial charge in [-0.3, -0.25) is 0 Å². The highest BCUT2D eigenvalue weighted by Crippen LogP contribution is 2.41. The van der Waals surface area contributed by atoms with Crippen molar-refractivity contribution in [3.8, 4) is 11.3 Å². The molecule has 0 bridgehead atoms. The smallest absolute Gasteiger partial charge is 0.232 e. The van der Waals surface area contributed by atoms with Crippen molar-refractivity contribution in [1.29, 1.82) is 0 Å². The molecule has 0 atom stereocenters. The Bertz CT molecular complexity index is 1230. The van der Waals surface area contributed by atoms with Gasteiger partial charge in [0.05, 0.1) is 16.4 Å². The minimum atomic E-state index is 1.12. The van der Waals surface area contributed by atoms with Crippen LogP contribution in [0.2, 0.25) is 0 Å². The van der Waals surface area contributed by atoms with Gasteiger partial charge in [0.15, 0.2) is 0 Å². The van der Waals surface area contributed by atoms with Crippen LogP contribution in [0.25, 0.3) is 41.6 Å². The fourth-order valence-electron chi connectivity index (χ4n) is 3.49. The van der Waals surface area contributed by atoms with Crippen molar-refractivity contribution in [2.24, 2.45) is 7.05 Å². The van der Waals surface area contributed by atoms with Gasteiger partial charge in [-0.1, -0.05) is 41.7 Å². The minimum absolute atomic E-state index is 1.12. The lowest BCUT2D eigenvalue weighted by Gasteiger charge is -2.10. The maximum absolute atomic E-state index is 4.66. The van der Waals surface area contributed by atoms with Crippen molar-refractivity contribution in [2.45, 2.75) is 6.92 Å². The standard InChI is InChI=1S/C20H15N2S2/c1-12-14-6-4-3-5-13(14)7-8-15(12)18-17-19-16(9-10-23-19)24-20(17)21-11-22(18)2/h3-11H,1-2H3/q+1. The van der Waals surface area contributed by atoms with E-state index in [0.717, 1.165) is 4.83 Å². The molecule has 0 aliphatic carbocycles. The molecule has 3 aromatic heterocycles. The summed E-state index contributed by atoms with van der Waals surface area (Å²) in [5.41, 5.74) is 3.88. The van der Waals surface area contributed by atoms with Gasteiger partial charge in [-0.2, -0.15) is 0 Å². The molecule has 0 radical (unpaired) electrons. The van der Waals surface area contributed by atoms with Gasteiger partial charge >= 0.3 is 0 Å². The fraction of sp³-hybridized carbons (Fsp3) is 0.100. The average molecular weight is 347 g/mol. The predicted molar refractivity (Wildman–Crippen MR) is 104 cm³/mol. The summed E-state index contributed by atoms with van der Waals surface area (Å²) in [4.78, 5) is 5.78. The van der Waals surface area contributed by atoms with Gasteiger partial charge in [0.1, 0.15) is 11.1 Å². The molecular formula is C20H15N2S2+. The second-order valence-corrected chi connectivity index (χ2v) is 8.01. The second kappa shape index (κ2) is 5.10. The van der Waals surface area contributed by atoms with Gasteiger partial charge in [-0.25, -0.2) is 4.57 Å². The molecule has 5 aromatic rings. The first-order valence-corrected chi connectivity index (χ1v) is 9.57. The molecule has 116 valence electrons. The van der Waals surface area contributed by atoms with Crippen LogP contribution in [0.15, 0.2) is 54.2 Å². The van der Waals surface area contributed by atoms with Gasteiger partial charge in [0, 0.05) is 5.56 Å². The van der Waals surface area contributed by atoms with Crippen LogP contribution in [0.1, 0.15) is 5.56 Å². The van der Waals surface area contributed by atoms with Crippen molar-refractivity contribution < 1.29 is 4.57 Å². The Balaban J connectivity index is 1.95. The largest absolute Gasteiger partial charge is 0.288 e. The molecule has 2 aromatic carbocycles. The molecule has 5 rings (SSSR count). The maximum Gasteiger partial charge on any atom is 0.288 e. The van der Waals surface area contributed by atoms with E-state index >= 15 is 0 Å². The number of fused-ring (bicyclic) bond motifs is 4. The van der Waals surface area contributed by atoms with Crippen LogP contribution in [0.4, 0.5) is 0 Å². The molecule has 0 N–H and O–H groups in total. The third kappa shape index (κ3) is 1.87. The predicted octanol–water partition coefficient (Wildman–Crippen LogP) is 5.46. The summed E-state index contributed by atoms with van der Waals surface area (Å²) in [5, 5.41) is 6.06. The number of rotatable bonds is 1. The number of thiophene rings is 2. The number of aromatic nitrogens is 2.